The number of rotatable bonds is 9. The van der Waals surface area contributed by atoms with Crippen molar-refractivity contribution in [3.8, 4) is 5.75 Å². The van der Waals surface area contributed by atoms with E-state index in [-0.39, 0.29) is 19.6 Å². The molecule has 3 aromatic rings. The van der Waals surface area contributed by atoms with E-state index >= 15 is 0 Å². The number of carbonyl (C=O) groups excluding carboxylic acids is 4. The van der Waals surface area contributed by atoms with Gasteiger partial charge in [-0.3, -0.25) is 9.59 Å². The monoisotopic (exact) mass is 515 g/mol. The molecule has 4 amide bonds. The van der Waals surface area contributed by atoms with Crippen molar-refractivity contribution in [2.45, 2.75) is 32.9 Å². The third kappa shape index (κ3) is 5.83. The molecule has 0 saturated carbocycles. The minimum Gasteiger partial charge on any atom is -0.497 e. The van der Waals surface area contributed by atoms with Gasteiger partial charge in [-0.05, 0) is 73.5 Å². The van der Waals surface area contributed by atoms with Gasteiger partial charge in [0.2, 0.25) is 5.91 Å². The molecule has 1 fully saturated rings. The van der Waals surface area contributed by atoms with Crippen molar-refractivity contribution in [1.82, 2.24) is 4.90 Å². The third-order valence-electron chi connectivity index (χ3n) is 6.12. The lowest BCUT2D eigenvalue weighted by molar-refractivity contribution is -0.124. The summed E-state index contributed by atoms with van der Waals surface area (Å²) in [7, 11) is 1.55. The molecule has 1 aliphatic heterocycles. The molecule has 3 aromatic carbocycles. The lowest BCUT2D eigenvalue weighted by Crippen LogP contribution is -2.37. The summed E-state index contributed by atoms with van der Waals surface area (Å²) in [6.07, 6.45) is -0.240. The van der Waals surface area contributed by atoms with Gasteiger partial charge in [0.25, 0.3) is 5.91 Å². The highest BCUT2D eigenvalue weighted by Crippen LogP contribution is 2.29. The summed E-state index contributed by atoms with van der Waals surface area (Å²) in [6, 6.07) is 19.1. The van der Waals surface area contributed by atoms with Crippen molar-refractivity contribution in [1.29, 1.82) is 0 Å². The first-order valence-corrected chi connectivity index (χ1v) is 12.2. The van der Waals surface area contributed by atoms with E-state index in [2.05, 4.69) is 5.32 Å². The molecule has 0 aliphatic carbocycles. The van der Waals surface area contributed by atoms with Crippen molar-refractivity contribution >= 4 is 35.2 Å². The number of benzene rings is 3. The van der Waals surface area contributed by atoms with Crippen molar-refractivity contribution in [3.63, 3.8) is 0 Å². The lowest BCUT2D eigenvalue weighted by Gasteiger charge is -2.22. The topological polar surface area (TPSA) is 105 Å². The number of urea groups is 1. The molecule has 0 unspecified atom stereocenters. The van der Waals surface area contributed by atoms with Gasteiger partial charge >= 0.3 is 12.0 Å². The van der Waals surface area contributed by atoms with E-state index in [0.29, 0.717) is 22.7 Å². The minimum atomic E-state index is -1.01. The number of carbonyl (C=O) groups is 4. The van der Waals surface area contributed by atoms with E-state index in [1.165, 1.54) is 4.90 Å². The zero-order valence-corrected chi connectivity index (χ0v) is 21.5. The number of nitrogens with one attached hydrogen (secondary N) is 1. The van der Waals surface area contributed by atoms with Crippen LogP contribution in [0.1, 0.15) is 34.8 Å². The number of methoxy groups -OCH3 is 1. The summed E-state index contributed by atoms with van der Waals surface area (Å²) >= 11 is 0. The molecule has 1 heterocycles. The van der Waals surface area contributed by atoms with Crippen LogP contribution in [-0.4, -0.2) is 48.5 Å². The van der Waals surface area contributed by atoms with Crippen LogP contribution < -0.4 is 15.0 Å². The predicted octanol–water partition coefficient (Wildman–Crippen LogP) is 4.55. The molecule has 0 bridgehead atoms. The number of hydrogen-bond acceptors (Lipinski definition) is 6. The fraction of sp³-hybridized carbons (Fsp3) is 0.241. The number of esters is 1. The zero-order chi connectivity index (χ0) is 27.2. The molecule has 38 heavy (non-hydrogen) atoms. The minimum absolute atomic E-state index is 0.121. The molecule has 0 radical (unpaired) electrons. The summed E-state index contributed by atoms with van der Waals surface area (Å²) in [5, 5.41) is 2.75. The van der Waals surface area contributed by atoms with Gasteiger partial charge in [0.1, 0.15) is 11.8 Å². The standard InChI is InChI=1S/C29H29N3O6/c1-4-38-28(35)21-11-13-22(14-12-21)30-26(33)17-25-27(34)32(23-9-5-7-19(2)15-23)29(36)31(25)18-20-8-6-10-24(16-20)37-3/h5-16,25H,4,17-18H2,1-3H3,(H,30,33)/t25-/m1/s1. The van der Waals surface area contributed by atoms with Crippen LogP contribution in [0.3, 0.4) is 0 Å². The number of imide groups is 1. The zero-order valence-electron chi connectivity index (χ0n) is 21.5. The molecular formula is C29H29N3O6. The van der Waals surface area contributed by atoms with Gasteiger partial charge in [0, 0.05) is 12.2 Å². The van der Waals surface area contributed by atoms with Gasteiger partial charge in [-0.2, -0.15) is 0 Å². The highest BCUT2D eigenvalue weighted by Gasteiger charge is 2.46. The molecule has 1 atom stereocenters. The second-order valence-corrected chi connectivity index (χ2v) is 8.84. The van der Waals surface area contributed by atoms with E-state index in [9.17, 15) is 19.2 Å². The van der Waals surface area contributed by atoms with E-state index in [0.717, 1.165) is 16.0 Å². The van der Waals surface area contributed by atoms with Crippen LogP contribution in [-0.2, 0) is 20.9 Å². The summed E-state index contributed by atoms with van der Waals surface area (Å²) < 4.78 is 10.3. The second kappa shape index (κ2) is 11.6. The van der Waals surface area contributed by atoms with Crippen LogP contribution in [0.2, 0.25) is 0 Å². The van der Waals surface area contributed by atoms with Gasteiger partial charge in [0.05, 0.1) is 31.4 Å². The summed E-state index contributed by atoms with van der Waals surface area (Å²) in [6.45, 7) is 3.98. The molecule has 0 spiro atoms. The molecule has 196 valence electrons. The average Bonchev–Trinajstić information content (AvgIpc) is 3.13. The highest BCUT2D eigenvalue weighted by molar-refractivity contribution is 6.22. The maximum atomic E-state index is 13.5. The van der Waals surface area contributed by atoms with Crippen LogP contribution in [0.25, 0.3) is 0 Å². The second-order valence-electron chi connectivity index (χ2n) is 8.84. The molecule has 1 saturated heterocycles. The van der Waals surface area contributed by atoms with Crippen molar-refractivity contribution in [2.75, 3.05) is 23.9 Å². The first-order chi connectivity index (χ1) is 18.3. The van der Waals surface area contributed by atoms with Gasteiger partial charge in [-0.25, -0.2) is 14.5 Å². The lowest BCUT2D eigenvalue weighted by atomic mass is 10.1. The number of ether oxygens (including phenoxy) is 2. The normalized spacial score (nSPS) is 15.0. The van der Waals surface area contributed by atoms with Crippen LogP contribution in [0, 0.1) is 6.92 Å². The molecule has 1 aliphatic rings. The molecule has 0 aromatic heterocycles. The Kier molecular flexibility index (Phi) is 8.06. The van der Waals surface area contributed by atoms with Crippen LogP contribution >= 0.6 is 0 Å². The number of amides is 4. The summed E-state index contributed by atoms with van der Waals surface area (Å²) in [5.41, 5.74) is 2.92. The molecule has 4 rings (SSSR count). The van der Waals surface area contributed by atoms with Crippen molar-refractivity contribution in [3.05, 3.63) is 89.5 Å². The van der Waals surface area contributed by atoms with Gasteiger partial charge in [-0.15, -0.1) is 0 Å². The number of aryl methyl sites for hydroxylation is 1. The van der Waals surface area contributed by atoms with E-state index in [1.54, 1.807) is 74.7 Å². The SMILES string of the molecule is CCOC(=O)c1ccc(NC(=O)C[C@@H]2C(=O)N(c3cccc(C)c3)C(=O)N2Cc2cccc(OC)c2)cc1. The van der Waals surface area contributed by atoms with Crippen molar-refractivity contribution < 1.29 is 28.7 Å². The Bertz CT molecular complexity index is 1350. The van der Waals surface area contributed by atoms with Gasteiger partial charge in [-0.1, -0.05) is 24.3 Å². The summed E-state index contributed by atoms with van der Waals surface area (Å²) in [4.78, 5) is 54.5. The molecular weight excluding hydrogens is 486 g/mol. The molecule has 9 nitrogen and oxygen atoms in total. The van der Waals surface area contributed by atoms with Gasteiger partial charge in [0.15, 0.2) is 0 Å². The fourth-order valence-electron chi connectivity index (χ4n) is 4.28. The van der Waals surface area contributed by atoms with Crippen molar-refractivity contribution in [2.24, 2.45) is 0 Å². The smallest absolute Gasteiger partial charge is 0.338 e. The highest BCUT2D eigenvalue weighted by atomic mass is 16.5. The van der Waals surface area contributed by atoms with Crippen LogP contribution in [0.4, 0.5) is 16.2 Å². The fourth-order valence-corrected chi connectivity index (χ4v) is 4.28. The molecule has 9 heteroatoms. The first kappa shape index (κ1) is 26.4. The van der Waals surface area contributed by atoms with Crippen LogP contribution in [0.5, 0.6) is 5.75 Å². The Balaban J connectivity index is 1.56. The van der Waals surface area contributed by atoms with E-state index in [4.69, 9.17) is 9.47 Å². The van der Waals surface area contributed by atoms with Gasteiger partial charge < -0.3 is 19.7 Å². The number of nitrogens with zero attached hydrogens (tertiary/aromatic N) is 2. The van der Waals surface area contributed by atoms with E-state index in [1.807, 2.05) is 19.1 Å². The van der Waals surface area contributed by atoms with E-state index < -0.39 is 29.9 Å². The van der Waals surface area contributed by atoms with Crippen LogP contribution in [0.15, 0.2) is 72.8 Å². The number of hydrogen-bond donors (Lipinski definition) is 1. The quantitative estimate of drug-likeness (QED) is 0.331. The Hall–Kier alpha value is -4.66. The Labute approximate surface area is 220 Å². The Morgan fingerprint density at radius 2 is 1.71 bits per heavy atom. The largest absolute Gasteiger partial charge is 0.497 e. The maximum Gasteiger partial charge on any atom is 0.338 e. The Morgan fingerprint density at radius 1 is 0.974 bits per heavy atom. The number of anilines is 2. The average molecular weight is 516 g/mol. The maximum absolute atomic E-state index is 13.5. The predicted molar refractivity (Wildman–Crippen MR) is 142 cm³/mol. The molecule has 1 N–H and O–H groups in total. The summed E-state index contributed by atoms with van der Waals surface area (Å²) in [5.74, 6) is -0.750. The third-order valence-corrected chi connectivity index (χ3v) is 6.12. The first-order valence-electron chi connectivity index (χ1n) is 12.2. The Morgan fingerprint density at radius 3 is 2.39 bits per heavy atom.